The second-order valence-electron chi connectivity index (χ2n) is 5.24. The number of carbonyl (C=O) groups excluding carboxylic acids is 1. The first kappa shape index (κ1) is 17.5. The summed E-state index contributed by atoms with van der Waals surface area (Å²) in [6.07, 6.45) is 1.54. The maximum absolute atomic E-state index is 11.9. The molecule has 2 aromatic carbocycles. The molecule has 7 heteroatoms. The number of aromatic hydroxyl groups is 1. The lowest BCUT2D eigenvalue weighted by atomic mass is 10.1. The highest BCUT2D eigenvalue weighted by Crippen LogP contribution is 2.32. The minimum Gasteiger partial charge on any atom is -0.508 e. The van der Waals surface area contributed by atoms with Gasteiger partial charge < -0.3 is 19.0 Å². The Kier molecular flexibility index (Phi) is 5.36. The summed E-state index contributed by atoms with van der Waals surface area (Å²) in [7, 11) is 0. The molecule has 0 aliphatic heterocycles. The zero-order chi connectivity index (χ0) is 17.8. The van der Waals surface area contributed by atoms with Crippen LogP contribution in [0.15, 0.2) is 47.1 Å². The normalized spacial score (nSPS) is 10.8. The maximum Gasteiger partial charge on any atom is 0.310 e. The molecular weight excluding hydrogens is 367 g/mol. The first-order valence-corrected chi connectivity index (χ1v) is 8.21. The molecule has 0 radical (unpaired) electrons. The second-order valence-corrected chi connectivity index (χ2v) is 6.05. The standard InChI is InChI=1S/C18H14Cl2O5/c19-14-2-1-3-15(20)18(14)24-7-6-23-17(22)8-11-10-25-16-9-12(21)4-5-13(11)16/h1-5,9-10,21H,6-8H2. The molecule has 0 spiro atoms. The summed E-state index contributed by atoms with van der Waals surface area (Å²) in [4.78, 5) is 11.9. The predicted octanol–water partition coefficient (Wildman–Crippen LogP) is 4.61. The Labute approximate surface area is 153 Å². The summed E-state index contributed by atoms with van der Waals surface area (Å²) in [5.41, 5.74) is 1.20. The lowest BCUT2D eigenvalue weighted by molar-refractivity contribution is -0.143. The van der Waals surface area contributed by atoms with Crippen molar-refractivity contribution in [3.05, 3.63) is 58.3 Å². The van der Waals surface area contributed by atoms with Gasteiger partial charge in [-0.25, -0.2) is 0 Å². The van der Waals surface area contributed by atoms with Gasteiger partial charge in [0.2, 0.25) is 0 Å². The van der Waals surface area contributed by atoms with Crippen molar-refractivity contribution < 1.29 is 23.8 Å². The Morgan fingerprint density at radius 1 is 1.12 bits per heavy atom. The zero-order valence-electron chi connectivity index (χ0n) is 13.0. The van der Waals surface area contributed by atoms with Crippen LogP contribution in [0, 0.1) is 0 Å². The van der Waals surface area contributed by atoms with Gasteiger partial charge in [-0.1, -0.05) is 29.3 Å². The molecule has 0 unspecified atom stereocenters. The monoisotopic (exact) mass is 380 g/mol. The molecule has 0 saturated carbocycles. The molecule has 0 atom stereocenters. The van der Waals surface area contributed by atoms with Crippen molar-refractivity contribution in [2.75, 3.05) is 13.2 Å². The van der Waals surface area contributed by atoms with Crippen molar-refractivity contribution in [3.8, 4) is 11.5 Å². The SMILES string of the molecule is O=C(Cc1coc2cc(O)ccc12)OCCOc1c(Cl)cccc1Cl. The molecule has 5 nitrogen and oxygen atoms in total. The Bertz CT molecular complexity index is 883. The van der Waals surface area contributed by atoms with Crippen LogP contribution < -0.4 is 4.74 Å². The van der Waals surface area contributed by atoms with Crippen LogP contribution in [0.4, 0.5) is 0 Å². The number of furan rings is 1. The van der Waals surface area contributed by atoms with E-state index in [1.807, 2.05) is 0 Å². The number of rotatable bonds is 6. The summed E-state index contributed by atoms with van der Waals surface area (Å²) in [5.74, 6) is 0.0542. The number of carbonyl (C=O) groups is 1. The van der Waals surface area contributed by atoms with Gasteiger partial charge in [-0.05, 0) is 24.3 Å². The smallest absolute Gasteiger partial charge is 0.310 e. The first-order valence-electron chi connectivity index (χ1n) is 7.46. The lowest BCUT2D eigenvalue weighted by Gasteiger charge is -2.10. The van der Waals surface area contributed by atoms with E-state index in [-0.39, 0.29) is 25.4 Å². The van der Waals surface area contributed by atoms with Gasteiger partial charge in [0, 0.05) is 17.0 Å². The van der Waals surface area contributed by atoms with Crippen molar-refractivity contribution in [2.45, 2.75) is 6.42 Å². The Hall–Kier alpha value is -2.37. The number of esters is 1. The van der Waals surface area contributed by atoms with Crippen LogP contribution in [-0.2, 0) is 16.0 Å². The molecule has 25 heavy (non-hydrogen) atoms. The van der Waals surface area contributed by atoms with E-state index in [9.17, 15) is 9.90 Å². The molecule has 1 aromatic heterocycles. The Balaban J connectivity index is 1.51. The van der Waals surface area contributed by atoms with Gasteiger partial charge in [0.05, 0.1) is 22.7 Å². The number of hydrogen-bond acceptors (Lipinski definition) is 5. The highest BCUT2D eigenvalue weighted by atomic mass is 35.5. The molecule has 3 rings (SSSR count). The second kappa shape index (κ2) is 7.68. The number of para-hydroxylation sites is 1. The van der Waals surface area contributed by atoms with E-state index >= 15 is 0 Å². The summed E-state index contributed by atoms with van der Waals surface area (Å²) in [6, 6.07) is 9.76. The molecule has 0 aliphatic rings. The van der Waals surface area contributed by atoms with Crippen molar-refractivity contribution in [1.82, 2.24) is 0 Å². The van der Waals surface area contributed by atoms with Gasteiger partial charge in [0.25, 0.3) is 0 Å². The quantitative estimate of drug-likeness (QED) is 0.499. The van der Waals surface area contributed by atoms with E-state index in [2.05, 4.69) is 0 Å². The fraction of sp³-hybridized carbons (Fsp3) is 0.167. The minimum absolute atomic E-state index is 0.0601. The van der Waals surface area contributed by atoms with E-state index < -0.39 is 5.97 Å². The van der Waals surface area contributed by atoms with E-state index in [1.54, 1.807) is 24.3 Å². The summed E-state index contributed by atoms with van der Waals surface area (Å²) in [5, 5.41) is 11.0. The number of phenolic OH excluding ortho intramolecular Hbond substituents is 1. The van der Waals surface area contributed by atoms with E-state index in [1.165, 1.54) is 18.4 Å². The number of ether oxygens (including phenoxy) is 2. The third-order valence-corrected chi connectivity index (χ3v) is 4.08. The average Bonchev–Trinajstić information content (AvgIpc) is 2.95. The molecule has 0 aliphatic carbocycles. The summed E-state index contributed by atoms with van der Waals surface area (Å²) >= 11 is 12.0. The third-order valence-electron chi connectivity index (χ3n) is 3.49. The molecule has 0 fully saturated rings. The first-order chi connectivity index (χ1) is 12.0. The largest absolute Gasteiger partial charge is 0.508 e. The summed E-state index contributed by atoms with van der Waals surface area (Å²) < 4.78 is 15.9. The van der Waals surface area contributed by atoms with Gasteiger partial charge in [0.1, 0.15) is 24.5 Å². The fourth-order valence-corrected chi connectivity index (χ4v) is 2.84. The van der Waals surface area contributed by atoms with E-state index in [4.69, 9.17) is 37.1 Å². The lowest BCUT2D eigenvalue weighted by Crippen LogP contribution is -2.14. The van der Waals surface area contributed by atoms with Gasteiger partial charge in [0.15, 0.2) is 5.75 Å². The van der Waals surface area contributed by atoms with Gasteiger partial charge in [-0.15, -0.1) is 0 Å². The van der Waals surface area contributed by atoms with Gasteiger partial charge >= 0.3 is 5.97 Å². The zero-order valence-corrected chi connectivity index (χ0v) is 14.5. The predicted molar refractivity (Wildman–Crippen MR) is 94.5 cm³/mol. The molecule has 0 amide bonds. The molecule has 1 N–H and O–H groups in total. The number of fused-ring (bicyclic) bond motifs is 1. The Morgan fingerprint density at radius 3 is 2.64 bits per heavy atom. The van der Waals surface area contributed by atoms with Crippen LogP contribution >= 0.6 is 23.2 Å². The highest BCUT2D eigenvalue weighted by Gasteiger charge is 2.12. The fourth-order valence-electron chi connectivity index (χ4n) is 2.33. The van der Waals surface area contributed by atoms with Crippen molar-refractivity contribution >= 4 is 40.1 Å². The molecule has 1 heterocycles. The molecule has 130 valence electrons. The van der Waals surface area contributed by atoms with Crippen molar-refractivity contribution in [2.24, 2.45) is 0 Å². The molecular formula is C18H14Cl2O5. The third kappa shape index (κ3) is 4.18. The topological polar surface area (TPSA) is 68.9 Å². The number of halogens is 2. The molecule has 0 saturated heterocycles. The van der Waals surface area contributed by atoms with Crippen LogP contribution in [0.5, 0.6) is 11.5 Å². The van der Waals surface area contributed by atoms with E-state index in [0.29, 0.717) is 26.9 Å². The number of benzene rings is 2. The van der Waals surface area contributed by atoms with Gasteiger partial charge in [-0.3, -0.25) is 4.79 Å². The average molecular weight is 381 g/mol. The molecule has 0 bridgehead atoms. The van der Waals surface area contributed by atoms with Gasteiger partial charge in [-0.2, -0.15) is 0 Å². The van der Waals surface area contributed by atoms with E-state index in [0.717, 1.165) is 5.39 Å². The Morgan fingerprint density at radius 2 is 1.88 bits per heavy atom. The summed E-state index contributed by atoms with van der Waals surface area (Å²) in [6.45, 7) is 0.201. The minimum atomic E-state index is -0.412. The van der Waals surface area contributed by atoms with Crippen LogP contribution in [0.1, 0.15) is 5.56 Å². The van der Waals surface area contributed by atoms with Crippen LogP contribution in [-0.4, -0.2) is 24.3 Å². The van der Waals surface area contributed by atoms with Crippen molar-refractivity contribution in [3.63, 3.8) is 0 Å². The van der Waals surface area contributed by atoms with Crippen LogP contribution in [0.25, 0.3) is 11.0 Å². The number of hydrogen-bond donors (Lipinski definition) is 1. The maximum atomic E-state index is 11.9. The molecule has 3 aromatic rings. The highest BCUT2D eigenvalue weighted by molar-refractivity contribution is 6.37. The van der Waals surface area contributed by atoms with Crippen molar-refractivity contribution in [1.29, 1.82) is 0 Å². The van der Waals surface area contributed by atoms with Crippen LogP contribution in [0.2, 0.25) is 10.0 Å². The number of phenols is 1. The van der Waals surface area contributed by atoms with Crippen LogP contribution in [0.3, 0.4) is 0 Å².